The zero-order chi connectivity index (χ0) is 13.0. The Bertz CT molecular complexity index is 521. The van der Waals surface area contributed by atoms with Gasteiger partial charge in [0, 0.05) is 0 Å². The van der Waals surface area contributed by atoms with Gasteiger partial charge in [-0.15, -0.1) is 0 Å². The first-order chi connectivity index (χ1) is 8.72. The van der Waals surface area contributed by atoms with Gasteiger partial charge in [0.05, 0.1) is 17.8 Å². The quantitative estimate of drug-likeness (QED) is 0.776. The molecule has 0 bridgehead atoms. The molecule has 0 aliphatic rings. The minimum absolute atomic E-state index is 0.892. The maximum Gasteiger partial charge on any atom is 0.132 e. The molecule has 0 radical (unpaired) electrons. The molecule has 0 atom stereocenters. The minimum Gasteiger partial charge on any atom is -0.497 e. The van der Waals surface area contributed by atoms with Crippen LogP contribution in [-0.4, -0.2) is 14.2 Å². The maximum atomic E-state index is 5.26. The second-order valence-corrected chi connectivity index (χ2v) is 5.16. The lowest BCUT2D eigenvalue weighted by Gasteiger charge is -2.07. The topological polar surface area (TPSA) is 18.5 Å². The van der Waals surface area contributed by atoms with Gasteiger partial charge in [-0.2, -0.15) is 0 Å². The SMILES string of the molecule is COc1ccc(Cc2ccc(OC)c(I)c2)cc1. The van der Waals surface area contributed by atoms with Crippen LogP contribution in [0.15, 0.2) is 42.5 Å². The van der Waals surface area contributed by atoms with Crippen molar-refractivity contribution in [1.82, 2.24) is 0 Å². The van der Waals surface area contributed by atoms with Crippen molar-refractivity contribution >= 4 is 22.6 Å². The maximum absolute atomic E-state index is 5.26. The number of methoxy groups -OCH3 is 2. The predicted molar refractivity (Wildman–Crippen MR) is 81.5 cm³/mol. The molecule has 0 spiro atoms. The van der Waals surface area contributed by atoms with Gasteiger partial charge in [-0.1, -0.05) is 18.2 Å². The van der Waals surface area contributed by atoms with E-state index in [2.05, 4.69) is 46.9 Å². The third kappa shape index (κ3) is 3.16. The van der Waals surface area contributed by atoms with Crippen molar-refractivity contribution in [2.24, 2.45) is 0 Å². The zero-order valence-electron chi connectivity index (χ0n) is 10.4. The second kappa shape index (κ2) is 6.09. The smallest absolute Gasteiger partial charge is 0.132 e. The van der Waals surface area contributed by atoms with Crippen LogP contribution in [0, 0.1) is 3.57 Å². The van der Waals surface area contributed by atoms with Gasteiger partial charge in [-0.05, 0) is 64.4 Å². The highest BCUT2D eigenvalue weighted by Crippen LogP contribution is 2.23. The molecule has 2 aromatic carbocycles. The Balaban J connectivity index is 2.15. The van der Waals surface area contributed by atoms with Crippen molar-refractivity contribution in [3.05, 3.63) is 57.2 Å². The van der Waals surface area contributed by atoms with Gasteiger partial charge in [-0.25, -0.2) is 0 Å². The lowest BCUT2D eigenvalue weighted by molar-refractivity contribution is 0.411. The fourth-order valence-corrected chi connectivity index (χ4v) is 2.60. The van der Waals surface area contributed by atoms with E-state index in [1.807, 2.05) is 18.2 Å². The van der Waals surface area contributed by atoms with Crippen LogP contribution >= 0.6 is 22.6 Å². The normalized spacial score (nSPS) is 10.2. The first kappa shape index (κ1) is 13.2. The third-order valence-corrected chi connectivity index (χ3v) is 3.63. The third-order valence-electron chi connectivity index (χ3n) is 2.78. The molecule has 2 aromatic rings. The van der Waals surface area contributed by atoms with Crippen LogP contribution in [-0.2, 0) is 6.42 Å². The van der Waals surface area contributed by atoms with Crippen molar-refractivity contribution in [3.63, 3.8) is 0 Å². The molecule has 2 nitrogen and oxygen atoms in total. The van der Waals surface area contributed by atoms with Crippen molar-refractivity contribution in [3.8, 4) is 11.5 Å². The van der Waals surface area contributed by atoms with E-state index in [-0.39, 0.29) is 0 Å². The highest BCUT2D eigenvalue weighted by molar-refractivity contribution is 14.1. The molecule has 0 aromatic heterocycles. The van der Waals surface area contributed by atoms with E-state index in [1.165, 1.54) is 11.1 Å². The molecular weight excluding hydrogens is 339 g/mol. The van der Waals surface area contributed by atoms with Crippen LogP contribution in [0.25, 0.3) is 0 Å². The van der Waals surface area contributed by atoms with Gasteiger partial charge < -0.3 is 9.47 Å². The van der Waals surface area contributed by atoms with E-state index in [4.69, 9.17) is 9.47 Å². The van der Waals surface area contributed by atoms with Crippen LogP contribution in [0.4, 0.5) is 0 Å². The summed E-state index contributed by atoms with van der Waals surface area (Å²) in [5.41, 5.74) is 2.56. The number of hydrogen-bond donors (Lipinski definition) is 0. The van der Waals surface area contributed by atoms with Gasteiger partial charge >= 0.3 is 0 Å². The van der Waals surface area contributed by atoms with Gasteiger partial charge in [0.25, 0.3) is 0 Å². The Morgan fingerprint density at radius 3 is 2.11 bits per heavy atom. The number of ether oxygens (including phenoxy) is 2. The van der Waals surface area contributed by atoms with Crippen molar-refractivity contribution in [2.75, 3.05) is 14.2 Å². The van der Waals surface area contributed by atoms with Crippen LogP contribution in [0.2, 0.25) is 0 Å². The molecule has 0 saturated heterocycles. The van der Waals surface area contributed by atoms with Gasteiger partial charge in [-0.3, -0.25) is 0 Å². The molecule has 2 rings (SSSR count). The summed E-state index contributed by atoms with van der Waals surface area (Å²) in [5, 5.41) is 0. The molecule has 0 N–H and O–H groups in total. The summed E-state index contributed by atoms with van der Waals surface area (Å²) < 4.78 is 11.5. The molecule has 0 aliphatic heterocycles. The fourth-order valence-electron chi connectivity index (χ4n) is 1.80. The highest BCUT2D eigenvalue weighted by atomic mass is 127. The first-order valence-electron chi connectivity index (χ1n) is 5.68. The summed E-state index contributed by atoms with van der Waals surface area (Å²) in [7, 11) is 3.38. The van der Waals surface area contributed by atoms with Crippen molar-refractivity contribution in [2.45, 2.75) is 6.42 Å². The molecule has 0 unspecified atom stereocenters. The lowest BCUT2D eigenvalue weighted by atomic mass is 10.0. The molecule has 0 amide bonds. The van der Waals surface area contributed by atoms with Crippen LogP contribution in [0.5, 0.6) is 11.5 Å². The summed E-state index contributed by atoms with van der Waals surface area (Å²) in [4.78, 5) is 0. The molecule has 0 saturated carbocycles. The van der Waals surface area contributed by atoms with Crippen molar-refractivity contribution < 1.29 is 9.47 Å². The van der Waals surface area contributed by atoms with Gasteiger partial charge in [0.15, 0.2) is 0 Å². The number of rotatable bonds is 4. The van der Waals surface area contributed by atoms with Gasteiger partial charge in [0.1, 0.15) is 11.5 Å². The molecule has 0 aliphatic carbocycles. The van der Waals surface area contributed by atoms with E-state index in [0.717, 1.165) is 21.5 Å². The molecule has 94 valence electrons. The largest absolute Gasteiger partial charge is 0.497 e. The molecule has 0 fully saturated rings. The highest BCUT2D eigenvalue weighted by Gasteiger charge is 2.02. The van der Waals surface area contributed by atoms with Gasteiger partial charge in [0.2, 0.25) is 0 Å². The molecular formula is C15H15IO2. The average Bonchev–Trinajstić information content (AvgIpc) is 2.40. The van der Waals surface area contributed by atoms with Crippen LogP contribution < -0.4 is 9.47 Å². The first-order valence-corrected chi connectivity index (χ1v) is 6.76. The Kier molecular flexibility index (Phi) is 4.47. The number of benzene rings is 2. The van der Waals surface area contributed by atoms with E-state index in [0.29, 0.717) is 0 Å². The van der Waals surface area contributed by atoms with E-state index >= 15 is 0 Å². The Hall–Kier alpha value is -1.23. The summed E-state index contributed by atoms with van der Waals surface area (Å²) >= 11 is 2.30. The Labute approximate surface area is 121 Å². The van der Waals surface area contributed by atoms with Crippen LogP contribution in [0.1, 0.15) is 11.1 Å². The second-order valence-electron chi connectivity index (χ2n) is 3.99. The summed E-state index contributed by atoms with van der Waals surface area (Å²) in [6.07, 6.45) is 0.921. The minimum atomic E-state index is 0.892. The number of hydrogen-bond acceptors (Lipinski definition) is 2. The summed E-state index contributed by atoms with van der Waals surface area (Å²) in [6.45, 7) is 0. The zero-order valence-corrected chi connectivity index (χ0v) is 12.6. The molecule has 0 heterocycles. The van der Waals surface area contributed by atoms with E-state index in [9.17, 15) is 0 Å². The number of halogens is 1. The van der Waals surface area contributed by atoms with E-state index in [1.54, 1.807) is 14.2 Å². The van der Waals surface area contributed by atoms with E-state index < -0.39 is 0 Å². The Morgan fingerprint density at radius 1 is 0.889 bits per heavy atom. The average molecular weight is 354 g/mol. The lowest BCUT2D eigenvalue weighted by Crippen LogP contribution is -1.92. The molecule has 18 heavy (non-hydrogen) atoms. The summed E-state index contributed by atoms with van der Waals surface area (Å²) in [6, 6.07) is 14.4. The van der Waals surface area contributed by atoms with Crippen molar-refractivity contribution in [1.29, 1.82) is 0 Å². The Morgan fingerprint density at radius 2 is 1.56 bits per heavy atom. The summed E-state index contributed by atoms with van der Waals surface area (Å²) in [5.74, 6) is 1.82. The molecule has 3 heteroatoms. The monoisotopic (exact) mass is 354 g/mol. The fraction of sp³-hybridized carbons (Fsp3) is 0.200. The standard InChI is InChI=1S/C15H15IO2/c1-17-13-6-3-11(4-7-13)9-12-5-8-15(18-2)14(16)10-12/h3-8,10H,9H2,1-2H3. The predicted octanol–water partition coefficient (Wildman–Crippen LogP) is 3.90. The van der Waals surface area contributed by atoms with Crippen LogP contribution in [0.3, 0.4) is 0 Å².